The smallest absolute Gasteiger partial charge is 0.275 e. The van der Waals surface area contributed by atoms with Gasteiger partial charge in [-0.3, -0.25) is 14.4 Å². The van der Waals surface area contributed by atoms with E-state index in [-0.39, 0.29) is 36.0 Å². The lowest BCUT2D eigenvalue weighted by atomic mass is 9.94. The molecule has 33 heavy (non-hydrogen) atoms. The number of carbonyl (C=O) groups is 2. The lowest BCUT2D eigenvalue weighted by molar-refractivity contribution is -0.0276. The number of pyridine rings is 1. The van der Waals surface area contributed by atoms with Crippen LogP contribution in [-0.4, -0.2) is 51.7 Å². The molecule has 2 aromatic rings. The van der Waals surface area contributed by atoms with Crippen LogP contribution in [0.4, 0.5) is 8.78 Å². The van der Waals surface area contributed by atoms with E-state index >= 15 is 0 Å². The Bertz CT molecular complexity index is 1170. The quantitative estimate of drug-likeness (QED) is 0.728. The SMILES string of the molecule is Cc1cc(F)c(CNC(=O)c2cn3c(c(O)c2=O)C(=O)N(C(C)C)[C@@H]2COCC[C@@H]23)c(F)c1. The highest BCUT2D eigenvalue weighted by atomic mass is 19.1. The predicted octanol–water partition coefficient (Wildman–Crippen LogP) is 2.26. The van der Waals surface area contributed by atoms with E-state index < -0.39 is 46.7 Å². The van der Waals surface area contributed by atoms with Gasteiger partial charge in [-0.2, -0.15) is 0 Å². The highest BCUT2D eigenvalue weighted by molar-refractivity contribution is 5.99. The predicted molar refractivity (Wildman–Crippen MR) is 114 cm³/mol. The molecule has 4 rings (SSSR count). The largest absolute Gasteiger partial charge is 0.503 e. The molecule has 2 aliphatic rings. The topological polar surface area (TPSA) is 101 Å². The zero-order valence-electron chi connectivity index (χ0n) is 18.5. The van der Waals surface area contributed by atoms with Crippen LogP contribution in [0.1, 0.15) is 58.3 Å². The fraction of sp³-hybridized carbons (Fsp3) is 0.435. The molecule has 0 saturated carbocycles. The van der Waals surface area contributed by atoms with E-state index in [1.807, 2.05) is 13.8 Å². The Labute approximate surface area is 188 Å². The zero-order chi connectivity index (χ0) is 24.0. The first-order valence-electron chi connectivity index (χ1n) is 10.7. The summed E-state index contributed by atoms with van der Waals surface area (Å²) in [6.07, 6.45) is 1.75. The molecule has 3 heterocycles. The number of aromatic hydroxyl groups is 1. The Morgan fingerprint density at radius 3 is 2.55 bits per heavy atom. The van der Waals surface area contributed by atoms with Crippen molar-refractivity contribution in [2.45, 2.75) is 51.9 Å². The molecule has 1 saturated heterocycles. The minimum atomic E-state index is -1.02. The molecular weight excluding hydrogens is 436 g/mol. The minimum absolute atomic E-state index is 0.177. The number of halogens is 2. The summed E-state index contributed by atoms with van der Waals surface area (Å²) in [6, 6.07) is 1.45. The standard InChI is InChI=1S/C23H25F2N3O5/c1-11(2)28-18-10-33-5-4-17(18)27-9-14(20(29)21(30)19(27)23(28)32)22(31)26-8-13-15(24)6-12(3)7-16(13)25/h6-7,9,11,17-18,30H,4-5,8,10H2,1-3H3,(H,26,31)/t17-,18+/m0/s1. The fourth-order valence-corrected chi connectivity index (χ4v) is 4.61. The molecule has 2 aliphatic heterocycles. The number of aryl methyl sites for hydroxylation is 1. The van der Waals surface area contributed by atoms with Gasteiger partial charge in [0.05, 0.1) is 18.7 Å². The summed E-state index contributed by atoms with van der Waals surface area (Å²) < 4.78 is 35.2. The fourth-order valence-electron chi connectivity index (χ4n) is 4.61. The van der Waals surface area contributed by atoms with Crippen molar-refractivity contribution in [3.05, 3.63) is 62.6 Å². The molecule has 1 fully saturated rings. The van der Waals surface area contributed by atoms with Crippen LogP contribution in [0, 0.1) is 18.6 Å². The van der Waals surface area contributed by atoms with E-state index in [0.29, 0.717) is 18.6 Å². The van der Waals surface area contributed by atoms with Crippen LogP contribution in [0.5, 0.6) is 5.75 Å². The van der Waals surface area contributed by atoms with Gasteiger partial charge in [-0.05, 0) is 44.9 Å². The van der Waals surface area contributed by atoms with E-state index in [4.69, 9.17) is 4.74 Å². The number of nitrogens with zero attached hydrogens (tertiary/aromatic N) is 2. The molecular formula is C23H25F2N3O5. The first-order valence-corrected chi connectivity index (χ1v) is 10.7. The summed E-state index contributed by atoms with van der Waals surface area (Å²) in [5.41, 5.74) is -1.57. The number of fused-ring (bicyclic) bond motifs is 3. The van der Waals surface area contributed by atoms with Gasteiger partial charge in [0, 0.05) is 31.0 Å². The third-order valence-electron chi connectivity index (χ3n) is 6.16. The van der Waals surface area contributed by atoms with Gasteiger partial charge in [-0.1, -0.05) is 0 Å². The maximum atomic E-state index is 14.1. The van der Waals surface area contributed by atoms with E-state index in [0.717, 1.165) is 12.1 Å². The van der Waals surface area contributed by atoms with Crippen molar-refractivity contribution in [1.82, 2.24) is 14.8 Å². The monoisotopic (exact) mass is 461 g/mol. The second kappa shape index (κ2) is 8.58. The third kappa shape index (κ3) is 3.88. The van der Waals surface area contributed by atoms with Gasteiger partial charge >= 0.3 is 0 Å². The van der Waals surface area contributed by atoms with Gasteiger partial charge in [0.2, 0.25) is 5.43 Å². The summed E-state index contributed by atoms with van der Waals surface area (Å²) in [7, 11) is 0. The van der Waals surface area contributed by atoms with E-state index in [1.54, 1.807) is 4.90 Å². The maximum Gasteiger partial charge on any atom is 0.275 e. The summed E-state index contributed by atoms with van der Waals surface area (Å²) in [4.78, 5) is 40.3. The summed E-state index contributed by atoms with van der Waals surface area (Å²) in [6.45, 7) is 5.42. The van der Waals surface area contributed by atoms with Crippen molar-refractivity contribution in [1.29, 1.82) is 0 Å². The number of hydrogen-bond acceptors (Lipinski definition) is 5. The molecule has 0 aliphatic carbocycles. The first-order chi connectivity index (χ1) is 15.6. The number of ether oxygens (including phenoxy) is 1. The van der Waals surface area contributed by atoms with Crippen molar-refractivity contribution in [3.8, 4) is 5.75 Å². The number of aromatic nitrogens is 1. The van der Waals surface area contributed by atoms with Crippen LogP contribution in [0.2, 0.25) is 0 Å². The Kier molecular flexibility index (Phi) is 5.96. The van der Waals surface area contributed by atoms with Crippen molar-refractivity contribution in [2.75, 3.05) is 13.2 Å². The van der Waals surface area contributed by atoms with Crippen molar-refractivity contribution in [3.63, 3.8) is 0 Å². The second-order valence-electron chi connectivity index (χ2n) is 8.67. The maximum absolute atomic E-state index is 14.1. The number of hydrogen-bond donors (Lipinski definition) is 2. The number of nitrogens with one attached hydrogen (secondary N) is 1. The Balaban J connectivity index is 1.71. The van der Waals surface area contributed by atoms with Gasteiger partial charge < -0.3 is 24.6 Å². The minimum Gasteiger partial charge on any atom is -0.503 e. The molecule has 2 N–H and O–H groups in total. The molecule has 1 aromatic carbocycles. The number of carbonyl (C=O) groups excluding carboxylic acids is 2. The first kappa shape index (κ1) is 22.9. The number of amides is 2. The number of rotatable bonds is 4. The zero-order valence-corrected chi connectivity index (χ0v) is 18.5. The molecule has 0 unspecified atom stereocenters. The molecule has 0 spiro atoms. The summed E-state index contributed by atoms with van der Waals surface area (Å²) >= 11 is 0. The lowest BCUT2D eigenvalue weighted by Crippen LogP contribution is -2.58. The lowest BCUT2D eigenvalue weighted by Gasteiger charge is -2.47. The molecule has 10 heteroatoms. The van der Waals surface area contributed by atoms with Gasteiger partial charge in [-0.15, -0.1) is 0 Å². The number of benzene rings is 1. The molecule has 1 aromatic heterocycles. The third-order valence-corrected chi connectivity index (χ3v) is 6.16. The average Bonchev–Trinajstić information content (AvgIpc) is 2.74. The van der Waals surface area contributed by atoms with E-state index in [1.165, 1.54) is 17.7 Å². The highest BCUT2D eigenvalue weighted by Crippen LogP contribution is 2.36. The molecule has 8 nitrogen and oxygen atoms in total. The Hall–Kier alpha value is -3.27. The van der Waals surface area contributed by atoms with Crippen LogP contribution in [-0.2, 0) is 11.3 Å². The molecule has 2 atom stereocenters. The molecule has 0 bridgehead atoms. The Morgan fingerprint density at radius 2 is 1.91 bits per heavy atom. The van der Waals surface area contributed by atoms with Gasteiger partial charge in [0.25, 0.3) is 11.8 Å². The van der Waals surface area contributed by atoms with E-state index in [2.05, 4.69) is 5.32 Å². The molecule has 2 amide bonds. The van der Waals surface area contributed by atoms with Crippen molar-refractivity contribution in [2.24, 2.45) is 0 Å². The van der Waals surface area contributed by atoms with Crippen LogP contribution in [0.3, 0.4) is 0 Å². The van der Waals surface area contributed by atoms with Gasteiger partial charge in [0.1, 0.15) is 17.2 Å². The summed E-state index contributed by atoms with van der Waals surface area (Å²) in [5.74, 6) is -3.89. The molecule has 176 valence electrons. The van der Waals surface area contributed by atoms with Crippen LogP contribution < -0.4 is 10.7 Å². The second-order valence-corrected chi connectivity index (χ2v) is 8.67. The summed E-state index contributed by atoms with van der Waals surface area (Å²) in [5, 5.41) is 13.0. The van der Waals surface area contributed by atoms with Crippen LogP contribution in [0.25, 0.3) is 0 Å². The highest BCUT2D eigenvalue weighted by Gasteiger charge is 2.44. The van der Waals surface area contributed by atoms with Crippen molar-refractivity contribution < 1.29 is 28.2 Å². The average molecular weight is 461 g/mol. The van der Waals surface area contributed by atoms with E-state index in [9.17, 15) is 28.3 Å². The normalized spacial score (nSPS) is 19.9. The molecule has 0 radical (unpaired) electrons. The van der Waals surface area contributed by atoms with Gasteiger partial charge in [-0.25, -0.2) is 8.78 Å². The van der Waals surface area contributed by atoms with Crippen LogP contribution in [0.15, 0.2) is 23.1 Å². The van der Waals surface area contributed by atoms with Gasteiger partial charge in [0.15, 0.2) is 11.4 Å². The van der Waals surface area contributed by atoms with Crippen LogP contribution >= 0.6 is 0 Å². The van der Waals surface area contributed by atoms with Crippen molar-refractivity contribution >= 4 is 11.8 Å². The Morgan fingerprint density at radius 1 is 1.24 bits per heavy atom.